The molecule has 112 valence electrons. The van der Waals surface area contributed by atoms with Crippen LogP contribution >= 0.6 is 0 Å². The minimum Gasteiger partial charge on any atom is -0.492 e. The van der Waals surface area contributed by atoms with Gasteiger partial charge in [-0.1, -0.05) is 6.07 Å². The molecule has 0 saturated heterocycles. The first-order chi connectivity index (χ1) is 10.1. The Morgan fingerprint density at radius 1 is 1.33 bits per heavy atom. The SMILES string of the molecule is O=C(NC1CC(C(=O)O)C1)c1ccc2c(c1)OCCNC2. The molecular formula is C15H18N2O4. The summed E-state index contributed by atoms with van der Waals surface area (Å²) in [5.41, 5.74) is 1.59. The Kier molecular flexibility index (Phi) is 3.79. The van der Waals surface area contributed by atoms with Crippen molar-refractivity contribution in [2.45, 2.75) is 25.4 Å². The number of hydrogen-bond acceptors (Lipinski definition) is 4. The predicted octanol–water partition coefficient (Wildman–Crippen LogP) is 0.762. The molecule has 3 N–H and O–H groups in total. The lowest BCUT2D eigenvalue weighted by atomic mass is 9.80. The van der Waals surface area contributed by atoms with E-state index in [1.54, 1.807) is 12.1 Å². The Morgan fingerprint density at radius 2 is 2.14 bits per heavy atom. The van der Waals surface area contributed by atoms with Crippen molar-refractivity contribution >= 4 is 11.9 Å². The summed E-state index contributed by atoms with van der Waals surface area (Å²) >= 11 is 0. The fourth-order valence-electron chi connectivity index (χ4n) is 2.64. The zero-order chi connectivity index (χ0) is 14.8. The Morgan fingerprint density at radius 3 is 2.90 bits per heavy atom. The number of aliphatic carboxylic acids is 1. The number of carbonyl (C=O) groups excluding carboxylic acids is 1. The molecule has 3 rings (SSSR count). The zero-order valence-electron chi connectivity index (χ0n) is 11.6. The molecule has 1 aliphatic heterocycles. The van der Waals surface area contributed by atoms with Gasteiger partial charge in [-0.2, -0.15) is 0 Å². The van der Waals surface area contributed by atoms with Gasteiger partial charge in [0.1, 0.15) is 12.4 Å². The summed E-state index contributed by atoms with van der Waals surface area (Å²) in [5, 5.41) is 14.9. The standard InChI is InChI=1S/C15H18N2O4/c18-14(17-12-5-11(6-12)15(19)20)9-1-2-10-8-16-3-4-21-13(10)7-9/h1-2,7,11-12,16H,3-6,8H2,(H,17,18)(H,19,20). The Bertz CT molecular complexity index is 567. The first-order valence-electron chi connectivity index (χ1n) is 7.13. The highest BCUT2D eigenvalue weighted by Gasteiger charge is 2.35. The number of carbonyl (C=O) groups is 2. The van der Waals surface area contributed by atoms with E-state index in [1.807, 2.05) is 6.07 Å². The minimum atomic E-state index is -0.786. The molecule has 1 aromatic carbocycles. The quantitative estimate of drug-likeness (QED) is 0.765. The second-order valence-electron chi connectivity index (χ2n) is 5.52. The van der Waals surface area contributed by atoms with Crippen LogP contribution in [0, 0.1) is 5.92 Å². The van der Waals surface area contributed by atoms with Crippen LogP contribution in [0.3, 0.4) is 0 Å². The first-order valence-corrected chi connectivity index (χ1v) is 7.13. The minimum absolute atomic E-state index is 0.0417. The normalized spacial score (nSPS) is 24.0. The molecule has 1 aromatic rings. The number of fused-ring (bicyclic) bond motifs is 1. The number of benzene rings is 1. The molecule has 0 bridgehead atoms. The Balaban J connectivity index is 1.63. The number of hydrogen-bond donors (Lipinski definition) is 3. The van der Waals surface area contributed by atoms with Crippen LogP contribution in [-0.4, -0.2) is 36.2 Å². The molecule has 1 aliphatic carbocycles. The molecule has 1 heterocycles. The molecule has 2 aliphatic rings. The molecule has 0 radical (unpaired) electrons. The highest BCUT2D eigenvalue weighted by atomic mass is 16.5. The van der Waals surface area contributed by atoms with Crippen LogP contribution in [0.15, 0.2) is 18.2 Å². The van der Waals surface area contributed by atoms with Crippen molar-refractivity contribution in [2.24, 2.45) is 5.92 Å². The van der Waals surface area contributed by atoms with Crippen molar-refractivity contribution in [1.82, 2.24) is 10.6 Å². The largest absolute Gasteiger partial charge is 0.492 e. The highest BCUT2D eigenvalue weighted by Crippen LogP contribution is 2.28. The van der Waals surface area contributed by atoms with Crippen molar-refractivity contribution in [3.05, 3.63) is 29.3 Å². The van der Waals surface area contributed by atoms with E-state index in [-0.39, 0.29) is 17.9 Å². The summed E-state index contributed by atoms with van der Waals surface area (Å²) in [5.74, 6) is -0.541. The molecule has 0 spiro atoms. The van der Waals surface area contributed by atoms with Gasteiger partial charge < -0.3 is 20.5 Å². The van der Waals surface area contributed by atoms with E-state index in [2.05, 4.69) is 10.6 Å². The third-order valence-electron chi connectivity index (χ3n) is 4.00. The average Bonchev–Trinajstić information content (AvgIpc) is 2.65. The van der Waals surface area contributed by atoms with Gasteiger partial charge in [-0.15, -0.1) is 0 Å². The van der Waals surface area contributed by atoms with Gasteiger partial charge in [0.25, 0.3) is 5.91 Å². The monoisotopic (exact) mass is 290 g/mol. The first kappa shape index (κ1) is 13.9. The van der Waals surface area contributed by atoms with Crippen LogP contribution in [0.1, 0.15) is 28.8 Å². The molecular weight excluding hydrogens is 272 g/mol. The van der Waals surface area contributed by atoms with Crippen molar-refractivity contribution in [3.8, 4) is 5.75 Å². The Labute approximate surface area is 122 Å². The molecule has 1 fully saturated rings. The van der Waals surface area contributed by atoms with E-state index in [9.17, 15) is 9.59 Å². The van der Waals surface area contributed by atoms with Gasteiger partial charge >= 0.3 is 5.97 Å². The van der Waals surface area contributed by atoms with Crippen LogP contribution in [-0.2, 0) is 11.3 Å². The van der Waals surface area contributed by atoms with Crippen LogP contribution < -0.4 is 15.4 Å². The van der Waals surface area contributed by atoms with Crippen LogP contribution in [0.5, 0.6) is 5.75 Å². The van der Waals surface area contributed by atoms with Gasteiger partial charge in [-0.25, -0.2) is 0 Å². The maximum atomic E-state index is 12.2. The molecule has 1 saturated carbocycles. The van der Waals surface area contributed by atoms with Gasteiger partial charge in [-0.3, -0.25) is 9.59 Å². The van der Waals surface area contributed by atoms with Gasteiger partial charge in [0.2, 0.25) is 0 Å². The number of nitrogens with one attached hydrogen (secondary N) is 2. The van der Waals surface area contributed by atoms with Gasteiger partial charge in [-0.05, 0) is 25.0 Å². The molecule has 21 heavy (non-hydrogen) atoms. The number of ether oxygens (including phenoxy) is 1. The zero-order valence-corrected chi connectivity index (χ0v) is 11.6. The summed E-state index contributed by atoms with van der Waals surface area (Å²) in [7, 11) is 0. The smallest absolute Gasteiger partial charge is 0.306 e. The number of carboxylic acids is 1. The van der Waals surface area contributed by atoms with E-state index in [0.717, 1.165) is 24.4 Å². The average molecular weight is 290 g/mol. The number of carboxylic acid groups (broad SMARTS) is 1. The van der Waals surface area contributed by atoms with Gasteiger partial charge in [0, 0.05) is 30.3 Å². The van der Waals surface area contributed by atoms with Crippen molar-refractivity contribution in [2.75, 3.05) is 13.2 Å². The van der Waals surface area contributed by atoms with Crippen LogP contribution in [0.25, 0.3) is 0 Å². The molecule has 1 amide bonds. The van der Waals surface area contributed by atoms with Crippen molar-refractivity contribution in [1.29, 1.82) is 0 Å². The lowest BCUT2D eigenvalue weighted by Crippen LogP contribution is -2.46. The number of rotatable bonds is 3. The summed E-state index contributed by atoms with van der Waals surface area (Å²) in [6.07, 6.45) is 1.01. The third kappa shape index (κ3) is 3.00. The second-order valence-corrected chi connectivity index (χ2v) is 5.52. The molecule has 0 unspecified atom stereocenters. The van der Waals surface area contributed by atoms with E-state index in [0.29, 0.717) is 25.0 Å². The van der Waals surface area contributed by atoms with E-state index in [4.69, 9.17) is 9.84 Å². The lowest BCUT2D eigenvalue weighted by Gasteiger charge is -2.32. The molecule has 6 heteroatoms. The predicted molar refractivity (Wildman–Crippen MR) is 75.3 cm³/mol. The third-order valence-corrected chi connectivity index (χ3v) is 4.00. The molecule has 0 atom stereocenters. The van der Waals surface area contributed by atoms with E-state index < -0.39 is 5.97 Å². The van der Waals surface area contributed by atoms with E-state index in [1.165, 1.54) is 0 Å². The second kappa shape index (κ2) is 5.73. The van der Waals surface area contributed by atoms with Crippen LogP contribution in [0.4, 0.5) is 0 Å². The van der Waals surface area contributed by atoms with E-state index >= 15 is 0 Å². The van der Waals surface area contributed by atoms with Crippen molar-refractivity contribution in [3.63, 3.8) is 0 Å². The topological polar surface area (TPSA) is 87.7 Å². The molecule has 6 nitrogen and oxygen atoms in total. The van der Waals surface area contributed by atoms with Gasteiger partial charge in [0.15, 0.2) is 0 Å². The lowest BCUT2D eigenvalue weighted by molar-refractivity contribution is -0.145. The summed E-state index contributed by atoms with van der Waals surface area (Å²) in [6.45, 7) is 2.11. The fraction of sp³-hybridized carbons (Fsp3) is 0.467. The maximum Gasteiger partial charge on any atom is 0.306 e. The van der Waals surface area contributed by atoms with Crippen molar-refractivity contribution < 1.29 is 19.4 Å². The maximum absolute atomic E-state index is 12.2. The summed E-state index contributed by atoms with van der Waals surface area (Å²) in [6, 6.07) is 5.38. The summed E-state index contributed by atoms with van der Waals surface area (Å²) in [4.78, 5) is 22.9. The number of amides is 1. The summed E-state index contributed by atoms with van der Waals surface area (Å²) < 4.78 is 5.61. The molecule has 0 aromatic heterocycles. The van der Waals surface area contributed by atoms with Crippen LogP contribution in [0.2, 0.25) is 0 Å². The van der Waals surface area contributed by atoms with Gasteiger partial charge in [0.05, 0.1) is 5.92 Å². The fourth-order valence-corrected chi connectivity index (χ4v) is 2.64. The highest BCUT2D eigenvalue weighted by molar-refractivity contribution is 5.95. The Hall–Kier alpha value is -2.08.